The zero-order chi connectivity index (χ0) is 20.1. The van der Waals surface area contributed by atoms with Gasteiger partial charge in [0.1, 0.15) is 0 Å². The van der Waals surface area contributed by atoms with Crippen LogP contribution in [0.25, 0.3) is 0 Å². The number of carbonyl (C=O) groups is 3. The number of amides is 3. The summed E-state index contributed by atoms with van der Waals surface area (Å²) < 4.78 is 0. The van der Waals surface area contributed by atoms with E-state index in [1.165, 1.54) is 7.05 Å². The molecule has 0 saturated carbocycles. The van der Waals surface area contributed by atoms with E-state index < -0.39 is 0 Å². The molecule has 2 aromatic carbocycles. The van der Waals surface area contributed by atoms with Crippen molar-refractivity contribution < 1.29 is 15.8 Å². The van der Waals surface area contributed by atoms with Gasteiger partial charge < -0.3 is 5.32 Å². The van der Waals surface area contributed by atoms with Gasteiger partial charge in [-0.3, -0.25) is 19.3 Å². The highest BCUT2D eigenvalue weighted by molar-refractivity contribution is 6.21. The zero-order valence-electron chi connectivity index (χ0n) is 16.4. The van der Waals surface area contributed by atoms with E-state index in [2.05, 4.69) is 5.32 Å². The zero-order valence-corrected chi connectivity index (χ0v) is 16.4. The molecule has 0 fully saturated rings. The molecule has 1 aliphatic rings. The molecule has 0 saturated heterocycles. The number of hydrogen-bond acceptors (Lipinski definition) is 3. The minimum Gasteiger partial charge on any atom is -0.355 e. The minimum absolute atomic E-state index is 0. The highest BCUT2D eigenvalue weighted by Gasteiger charge is 2.31. The van der Waals surface area contributed by atoms with Crippen LogP contribution in [-0.4, -0.2) is 36.7 Å². The molecule has 142 valence electrons. The average Bonchev–Trinajstić information content (AvgIpc) is 2.96. The van der Waals surface area contributed by atoms with Crippen molar-refractivity contribution in [1.82, 2.24) is 10.2 Å². The first-order chi connectivity index (χ1) is 12.6. The molecule has 0 spiro atoms. The number of rotatable bonds is 1. The fourth-order valence-electron chi connectivity index (χ4n) is 2.04. The van der Waals surface area contributed by atoms with Crippen molar-refractivity contribution in [2.24, 2.45) is 0 Å². The quantitative estimate of drug-likeness (QED) is 0.775. The van der Waals surface area contributed by atoms with Crippen molar-refractivity contribution in [3.05, 3.63) is 71.3 Å². The summed E-state index contributed by atoms with van der Waals surface area (Å²) in [6.07, 6.45) is 0. The predicted octanol–water partition coefficient (Wildman–Crippen LogP) is 4.26. The molecule has 26 heavy (non-hydrogen) atoms. The molecular weight excluding hydrogens is 328 g/mol. The van der Waals surface area contributed by atoms with Gasteiger partial charge in [0.25, 0.3) is 17.7 Å². The summed E-state index contributed by atoms with van der Waals surface area (Å²) in [6.45, 7) is 8.00. The van der Waals surface area contributed by atoms with Gasteiger partial charge in [0.05, 0.1) is 11.1 Å². The van der Waals surface area contributed by atoms with E-state index in [-0.39, 0.29) is 19.1 Å². The van der Waals surface area contributed by atoms with Crippen LogP contribution in [0.1, 0.15) is 60.2 Å². The highest BCUT2D eigenvalue weighted by atomic mass is 16.2. The van der Waals surface area contributed by atoms with E-state index >= 15 is 0 Å². The lowest BCUT2D eigenvalue weighted by Gasteiger charge is -2.02. The van der Waals surface area contributed by atoms with Crippen molar-refractivity contribution in [3.8, 4) is 0 Å². The molecule has 0 radical (unpaired) electrons. The number of benzene rings is 2. The van der Waals surface area contributed by atoms with Crippen LogP contribution >= 0.6 is 0 Å². The first-order valence-electron chi connectivity index (χ1n) is 8.74. The van der Waals surface area contributed by atoms with Crippen LogP contribution in [0, 0.1) is 0 Å². The molecular formula is C21H30N2O3. The number of imide groups is 1. The molecule has 1 aliphatic heterocycles. The Balaban J connectivity index is 0. The van der Waals surface area contributed by atoms with Crippen LogP contribution in [0.3, 0.4) is 0 Å². The molecule has 0 aromatic heterocycles. The highest BCUT2D eigenvalue weighted by Crippen LogP contribution is 2.20. The van der Waals surface area contributed by atoms with Gasteiger partial charge in [-0.2, -0.15) is 0 Å². The lowest BCUT2D eigenvalue weighted by Crippen LogP contribution is -2.24. The molecule has 3 rings (SSSR count). The lowest BCUT2D eigenvalue weighted by molar-refractivity contribution is 0.0692. The van der Waals surface area contributed by atoms with Crippen molar-refractivity contribution in [1.29, 1.82) is 0 Å². The molecule has 0 atom stereocenters. The third-order valence-corrected chi connectivity index (χ3v) is 3.26. The second-order valence-electron chi connectivity index (χ2n) is 4.66. The third-order valence-electron chi connectivity index (χ3n) is 3.26. The van der Waals surface area contributed by atoms with Gasteiger partial charge in [-0.1, -0.05) is 58.0 Å². The summed E-state index contributed by atoms with van der Waals surface area (Å²) >= 11 is 0. The smallest absolute Gasteiger partial charge is 0.261 e. The van der Waals surface area contributed by atoms with Crippen molar-refractivity contribution in [2.45, 2.75) is 27.7 Å². The first kappa shape index (κ1) is 23.1. The summed E-state index contributed by atoms with van der Waals surface area (Å²) in [5.41, 5.74) is 1.71. The molecule has 0 aliphatic carbocycles. The maximum Gasteiger partial charge on any atom is 0.261 e. The van der Waals surface area contributed by atoms with Gasteiger partial charge in [-0.25, -0.2) is 0 Å². The van der Waals surface area contributed by atoms with E-state index in [1.54, 1.807) is 43.4 Å². The normalized spacial score (nSPS) is 10.9. The van der Waals surface area contributed by atoms with Crippen LogP contribution < -0.4 is 5.32 Å². The third kappa shape index (κ3) is 5.84. The Bertz CT molecular complexity index is 683. The van der Waals surface area contributed by atoms with Crippen molar-refractivity contribution in [2.75, 3.05) is 14.1 Å². The van der Waals surface area contributed by atoms with Crippen molar-refractivity contribution >= 4 is 17.7 Å². The largest absolute Gasteiger partial charge is 0.355 e. The topological polar surface area (TPSA) is 66.5 Å². The molecule has 3 amide bonds. The number of nitrogens with one attached hydrogen (secondary N) is 1. The van der Waals surface area contributed by atoms with Crippen LogP contribution in [0.4, 0.5) is 0 Å². The maximum absolute atomic E-state index is 11.3. The average molecular weight is 358 g/mol. The van der Waals surface area contributed by atoms with E-state index in [0.717, 1.165) is 4.90 Å². The Kier molecular flexibility index (Phi) is 11.0. The number of hydrogen-bond donors (Lipinski definition) is 1. The number of carbonyl (C=O) groups excluding carboxylic acids is 3. The molecule has 0 unspecified atom stereocenters. The Morgan fingerprint density at radius 3 is 1.58 bits per heavy atom. The number of nitrogens with zero attached hydrogens (tertiary/aromatic N) is 1. The van der Waals surface area contributed by atoms with E-state index in [9.17, 15) is 14.4 Å². The summed E-state index contributed by atoms with van der Waals surface area (Å²) in [5.74, 6) is -0.466. The summed E-state index contributed by atoms with van der Waals surface area (Å²) in [6, 6.07) is 15.9. The number of fused-ring (bicyclic) bond motifs is 1. The van der Waals surface area contributed by atoms with Crippen LogP contribution in [0.15, 0.2) is 54.6 Å². The SMILES string of the molecule is CC.CC.CN1C(=O)c2ccccc2C1=O.CNC(=O)c1ccccc1.[HH]. The minimum atomic E-state index is -0.212. The summed E-state index contributed by atoms with van der Waals surface area (Å²) in [7, 11) is 3.11. The van der Waals surface area contributed by atoms with Crippen molar-refractivity contribution in [3.63, 3.8) is 0 Å². The van der Waals surface area contributed by atoms with E-state index in [0.29, 0.717) is 16.7 Å². The Labute approximate surface area is 157 Å². The Morgan fingerprint density at radius 1 is 0.808 bits per heavy atom. The van der Waals surface area contributed by atoms with Gasteiger partial charge in [-0.05, 0) is 24.3 Å². The van der Waals surface area contributed by atoms with Gasteiger partial charge in [-0.15, -0.1) is 0 Å². The summed E-state index contributed by atoms with van der Waals surface area (Å²) in [4.78, 5) is 34.7. The molecule has 5 nitrogen and oxygen atoms in total. The second kappa shape index (κ2) is 12.4. The molecule has 1 heterocycles. The van der Waals surface area contributed by atoms with Gasteiger partial charge in [0.15, 0.2) is 0 Å². The molecule has 5 heteroatoms. The van der Waals surface area contributed by atoms with Gasteiger partial charge in [0, 0.05) is 21.1 Å². The van der Waals surface area contributed by atoms with E-state index in [4.69, 9.17) is 0 Å². The Morgan fingerprint density at radius 2 is 1.19 bits per heavy atom. The second-order valence-corrected chi connectivity index (χ2v) is 4.66. The fraction of sp³-hybridized carbons (Fsp3) is 0.286. The molecule has 1 N–H and O–H groups in total. The molecule has 0 bridgehead atoms. The van der Waals surface area contributed by atoms with Crippen LogP contribution in [0.2, 0.25) is 0 Å². The first-order valence-corrected chi connectivity index (χ1v) is 8.74. The van der Waals surface area contributed by atoms with E-state index in [1.807, 2.05) is 45.9 Å². The maximum atomic E-state index is 11.3. The Hall–Kier alpha value is -2.95. The van der Waals surface area contributed by atoms with Gasteiger partial charge in [0.2, 0.25) is 0 Å². The summed E-state index contributed by atoms with van der Waals surface area (Å²) in [5, 5.41) is 2.54. The predicted molar refractivity (Wildman–Crippen MR) is 108 cm³/mol. The van der Waals surface area contributed by atoms with Crippen LogP contribution in [0.5, 0.6) is 0 Å². The van der Waals surface area contributed by atoms with Gasteiger partial charge >= 0.3 is 0 Å². The fourth-order valence-corrected chi connectivity index (χ4v) is 2.04. The monoisotopic (exact) mass is 358 g/mol. The molecule has 2 aromatic rings. The van der Waals surface area contributed by atoms with Crippen LogP contribution in [-0.2, 0) is 0 Å². The standard InChI is InChI=1S/C9H7NO2.C8H9NO.2C2H6.H2/c1-10-8(11)6-4-2-3-5-7(6)9(10)12;1-9-8(10)7-5-3-2-4-6-7;2*1-2;/h2-5H,1H3;2-6H,1H3,(H,9,10);2*1-2H3;1H. The lowest BCUT2D eigenvalue weighted by atomic mass is 10.1.